The zero-order valence-electron chi connectivity index (χ0n) is 13.4. The number of fused-ring (bicyclic) bond motifs is 6. The molecule has 3 aromatic rings. The predicted octanol–water partition coefficient (Wildman–Crippen LogP) is 3.87. The van der Waals surface area contributed by atoms with Crippen LogP contribution in [0.25, 0.3) is 0 Å². The zero-order chi connectivity index (χ0) is 18.1. The van der Waals surface area contributed by atoms with Crippen LogP contribution in [0.3, 0.4) is 0 Å². The Bertz CT molecular complexity index is 1090. The van der Waals surface area contributed by atoms with Gasteiger partial charge in [-0.05, 0) is 35.9 Å². The van der Waals surface area contributed by atoms with Crippen LogP contribution in [-0.2, 0) is 15.8 Å². The van der Waals surface area contributed by atoms with E-state index in [1.165, 1.54) is 6.20 Å². The van der Waals surface area contributed by atoms with Gasteiger partial charge >= 0.3 is 0 Å². The van der Waals surface area contributed by atoms with Crippen LogP contribution < -0.4 is 15.4 Å². The van der Waals surface area contributed by atoms with Crippen LogP contribution in [0.4, 0.5) is 28.8 Å². The minimum atomic E-state index is -3.56. The van der Waals surface area contributed by atoms with E-state index in [9.17, 15) is 8.42 Å². The van der Waals surface area contributed by atoms with Crippen LogP contribution in [0.2, 0.25) is 5.02 Å². The maximum atomic E-state index is 12.5. The molecule has 0 spiro atoms. The van der Waals surface area contributed by atoms with Crippen molar-refractivity contribution in [2.75, 3.05) is 15.4 Å². The second-order valence-corrected chi connectivity index (χ2v) is 7.91. The summed E-state index contributed by atoms with van der Waals surface area (Å²) in [5.41, 5.74) is 2.42. The van der Waals surface area contributed by atoms with E-state index < -0.39 is 10.0 Å². The third-order valence-electron chi connectivity index (χ3n) is 3.68. The van der Waals surface area contributed by atoms with Gasteiger partial charge in [-0.3, -0.25) is 4.72 Å². The Morgan fingerprint density at radius 3 is 2.54 bits per heavy atom. The van der Waals surface area contributed by atoms with Crippen molar-refractivity contribution >= 4 is 50.5 Å². The number of halogens is 1. The Morgan fingerprint density at radius 2 is 1.69 bits per heavy atom. The van der Waals surface area contributed by atoms with Gasteiger partial charge < -0.3 is 10.6 Å². The lowest BCUT2D eigenvalue weighted by atomic mass is 10.2. The molecule has 7 nitrogen and oxygen atoms in total. The van der Waals surface area contributed by atoms with Crippen LogP contribution in [0, 0.1) is 0 Å². The van der Waals surface area contributed by atoms with Crippen LogP contribution in [0.15, 0.2) is 54.7 Å². The quantitative estimate of drug-likeness (QED) is 0.542. The summed E-state index contributed by atoms with van der Waals surface area (Å²) in [6, 6.07) is 14.0. The molecule has 0 unspecified atom stereocenters. The monoisotopic (exact) mass is 387 g/mol. The number of sulfonamides is 1. The summed E-state index contributed by atoms with van der Waals surface area (Å²) in [6.45, 7) is 0. The highest BCUT2D eigenvalue weighted by molar-refractivity contribution is 7.91. The normalized spacial score (nSPS) is 15.0. The Kier molecular flexibility index (Phi) is 4.14. The van der Waals surface area contributed by atoms with Crippen molar-refractivity contribution in [1.29, 1.82) is 0 Å². The fraction of sp³-hybridized carbons (Fsp3) is 0.0588. The maximum absolute atomic E-state index is 12.5. The number of rotatable bonds is 0. The number of hydrogen-bond donors (Lipinski definition) is 3. The lowest BCUT2D eigenvalue weighted by molar-refractivity contribution is 0.600. The SMILES string of the molecule is O=S1(=O)Cc2cccc(c2)Nc2nc(ncc2Cl)Nc2cccc(c2)N1. The lowest BCUT2D eigenvalue weighted by Crippen LogP contribution is -2.15. The summed E-state index contributed by atoms with van der Waals surface area (Å²) in [5, 5.41) is 6.50. The van der Waals surface area contributed by atoms with E-state index in [0.717, 1.165) is 0 Å². The Morgan fingerprint density at radius 1 is 0.962 bits per heavy atom. The smallest absolute Gasteiger partial charge is 0.236 e. The largest absolute Gasteiger partial charge is 0.339 e. The van der Waals surface area contributed by atoms with E-state index in [0.29, 0.717) is 39.4 Å². The van der Waals surface area contributed by atoms with Crippen molar-refractivity contribution in [2.24, 2.45) is 0 Å². The minimum Gasteiger partial charge on any atom is -0.339 e. The molecule has 9 heteroatoms. The molecule has 1 aromatic heterocycles. The highest BCUT2D eigenvalue weighted by atomic mass is 35.5. The van der Waals surface area contributed by atoms with E-state index in [2.05, 4.69) is 25.3 Å². The van der Waals surface area contributed by atoms with Gasteiger partial charge in [-0.1, -0.05) is 29.8 Å². The van der Waals surface area contributed by atoms with Crippen molar-refractivity contribution in [3.8, 4) is 0 Å². The number of anilines is 5. The van der Waals surface area contributed by atoms with Gasteiger partial charge in [0.2, 0.25) is 16.0 Å². The van der Waals surface area contributed by atoms with Gasteiger partial charge in [0.25, 0.3) is 0 Å². The summed E-state index contributed by atoms with van der Waals surface area (Å²) < 4.78 is 27.5. The van der Waals surface area contributed by atoms with E-state index in [1.54, 1.807) is 42.5 Å². The molecular weight excluding hydrogens is 374 g/mol. The summed E-state index contributed by atoms with van der Waals surface area (Å²) in [7, 11) is -3.56. The zero-order valence-corrected chi connectivity index (χ0v) is 15.0. The summed E-state index contributed by atoms with van der Waals surface area (Å²) in [4.78, 5) is 8.55. The Labute approximate surface area is 155 Å². The number of aromatic nitrogens is 2. The molecule has 0 saturated carbocycles. The minimum absolute atomic E-state index is 0.150. The molecule has 26 heavy (non-hydrogen) atoms. The molecule has 132 valence electrons. The Hall–Kier alpha value is -2.84. The van der Waals surface area contributed by atoms with Gasteiger partial charge in [0.15, 0.2) is 5.82 Å². The second-order valence-electron chi connectivity index (χ2n) is 5.78. The first-order valence-electron chi connectivity index (χ1n) is 7.73. The standard InChI is InChI=1S/C17H14ClN5O2S/c18-15-9-19-17-21-13-5-2-6-14(8-13)23-26(24,25)10-11-3-1-4-12(7-11)20-16(15)22-17/h1-9,23H,10H2,(H2,19,20,21,22). The van der Waals surface area contributed by atoms with Crippen molar-refractivity contribution in [2.45, 2.75) is 5.75 Å². The first-order chi connectivity index (χ1) is 12.5. The van der Waals surface area contributed by atoms with E-state index >= 15 is 0 Å². The first-order valence-corrected chi connectivity index (χ1v) is 9.76. The summed E-state index contributed by atoms with van der Waals surface area (Å²) in [5.74, 6) is 0.615. The maximum Gasteiger partial charge on any atom is 0.236 e. The molecule has 2 aromatic carbocycles. The summed E-state index contributed by atoms with van der Waals surface area (Å²) >= 11 is 6.18. The average Bonchev–Trinajstić information content (AvgIpc) is 2.57. The number of nitrogens with zero attached hydrogens (tertiary/aromatic N) is 2. The van der Waals surface area contributed by atoms with Gasteiger partial charge in [0.1, 0.15) is 5.02 Å². The van der Waals surface area contributed by atoms with Crippen molar-refractivity contribution in [3.63, 3.8) is 0 Å². The molecule has 0 saturated heterocycles. The number of benzene rings is 2. The second kappa shape index (κ2) is 6.47. The van der Waals surface area contributed by atoms with Gasteiger partial charge in [0.05, 0.1) is 17.6 Å². The first kappa shape index (κ1) is 16.6. The van der Waals surface area contributed by atoms with Gasteiger partial charge in [-0.25, -0.2) is 13.4 Å². The molecule has 0 fully saturated rings. The molecule has 1 aliphatic rings. The average molecular weight is 388 g/mol. The van der Waals surface area contributed by atoms with E-state index in [4.69, 9.17) is 11.6 Å². The van der Waals surface area contributed by atoms with Crippen LogP contribution in [-0.4, -0.2) is 18.4 Å². The van der Waals surface area contributed by atoms with Crippen molar-refractivity contribution in [1.82, 2.24) is 9.97 Å². The summed E-state index contributed by atoms with van der Waals surface area (Å²) in [6.07, 6.45) is 1.50. The molecule has 2 heterocycles. The lowest BCUT2D eigenvalue weighted by Gasteiger charge is -2.14. The third-order valence-corrected chi connectivity index (χ3v) is 5.22. The van der Waals surface area contributed by atoms with E-state index in [1.807, 2.05) is 6.07 Å². The van der Waals surface area contributed by atoms with Gasteiger partial charge in [0, 0.05) is 11.4 Å². The molecule has 3 N–H and O–H groups in total. The Balaban J connectivity index is 1.85. The highest BCUT2D eigenvalue weighted by Gasteiger charge is 2.14. The molecular formula is C17H14ClN5O2S. The number of hydrogen-bond acceptors (Lipinski definition) is 6. The predicted molar refractivity (Wildman–Crippen MR) is 103 cm³/mol. The van der Waals surface area contributed by atoms with E-state index in [-0.39, 0.29) is 5.75 Å². The van der Waals surface area contributed by atoms with Gasteiger partial charge in [-0.15, -0.1) is 0 Å². The van der Waals surface area contributed by atoms with Crippen LogP contribution >= 0.6 is 11.6 Å². The molecule has 0 aliphatic carbocycles. The fourth-order valence-electron chi connectivity index (χ4n) is 2.62. The molecule has 0 radical (unpaired) electrons. The molecule has 6 bridgehead atoms. The van der Waals surface area contributed by atoms with Crippen LogP contribution in [0.5, 0.6) is 0 Å². The highest BCUT2D eigenvalue weighted by Crippen LogP contribution is 2.27. The molecule has 0 amide bonds. The molecule has 1 aliphatic heterocycles. The van der Waals surface area contributed by atoms with Crippen molar-refractivity contribution < 1.29 is 8.42 Å². The fourth-order valence-corrected chi connectivity index (χ4v) is 3.93. The van der Waals surface area contributed by atoms with Crippen LogP contribution in [0.1, 0.15) is 5.56 Å². The molecule has 4 rings (SSSR count). The van der Waals surface area contributed by atoms with Gasteiger partial charge in [-0.2, -0.15) is 4.98 Å². The third kappa shape index (κ3) is 3.71. The van der Waals surface area contributed by atoms with Crippen molar-refractivity contribution in [3.05, 3.63) is 65.3 Å². The number of nitrogens with one attached hydrogen (secondary N) is 3. The molecule has 0 atom stereocenters. The topological polar surface area (TPSA) is 96.0 Å².